The van der Waals surface area contributed by atoms with Gasteiger partial charge < -0.3 is 19.0 Å². The first-order chi connectivity index (χ1) is 14.6. The minimum atomic E-state index is -0.0689. The number of hydrogen-bond acceptors (Lipinski definition) is 4. The van der Waals surface area contributed by atoms with Crippen molar-refractivity contribution in [1.82, 2.24) is 14.9 Å². The molecule has 3 heterocycles. The number of hydrogen-bond donors (Lipinski definition) is 1. The first kappa shape index (κ1) is 19.8. The van der Waals surface area contributed by atoms with Crippen LogP contribution >= 0.6 is 0 Å². The number of para-hydroxylation sites is 1. The van der Waals surface area contributed by atoms with Gasteiger partial charge in [0.1, 0.15) is 17.0 Å². The summed E-state index contributed by atoms with van der Waals surface area (Å²) in [6, 6.07) is 15.5. The first-order valence-electron chi connectivity index (χ1n) is 10.1. The lowest BCUT2D eigenvalue weighted by atomic mass is 10.2. The Labute approximate surface area is 175 Å². The monoisotopic (exact) mass is 403 g/mol. The van der Waals surface area contributed by atoms with Crippen LogP contribution in [0.15, 0.2) is 65.4 Å². The third-order valence-corrected chi connectivity index (χ3v) is 5.17. The molecule has 6 heteroatoms. The van der Waals surface area contributed by atoms with Gasteiger partial charge in [-0.2, -0.15) is 0 Å². The van der Waals surface area contributed by atoms with Crippen molar-refractivity contribution in [2.45, 2.75) is 26.8 Å². The normalized spacial score (nSPS) is 11.0. The number of carbonyl (C=O) groups is 1. The zero-order valence-corrected chi connectivity index (χ0v) is 17.2. The molecule has 1 aromatic carbocycles. The molecule has 0 unspecified atom stereocenters. The summed E-state index contributed by atoms with van der Waals surface area (Å²) in [5.74, 6) is 1.56. The summed E-state index contributed by atoms with van der Waals surface area (Å²) < 4.78 is 13.4. The lowest BCUT2D eigenvalue weighted by molar-refractivity contribution is 0.0951. The highest BCUT2D eigenvalue weighted by molar-refractivity contribution is 5.95. The molecule has 0 aliphatic rings. The van der Waals surface area contributed by atoms with Crippen molar-refractivity contribution in [3.8, 4) is 5.75 Å². The summed E-state index contributed by atoms with van der Waals surface area (Å²) in [4.78, 5) is 17.0. The number of ether oxygens (including phenoxy) is 1. The van der Waals surface area contributed by atoms with Crippen LogP contribution in [0.3, 0.4) is 0 Å². The number of amides is 1. The van der Waals surface area contributed by atoms with E-state index in [9.17, 15) is 4.79 Å². The molecule has 154 valence electrons. The Bertz CT molecular complexity index is 1140. The number of nitrogens with zero attached hydrogens (tertiary/aromatic N) is 2. The molecule has 1 N–H and O–H groups in total. The minimum Gasteiger partial charge on any atom is -0.491 e. The SMILES string of the molecule is Cc1cc(C(=O)NCCCOc2cccc3cccnc23)c(C)n1Cc1ccco1. The minimum absolute atomic E-state index is 0.0689. The summed E-state index contributed by atoms with van der Waals surface area (Å²) in [6.07, 6.45) is 4.13. The maximum Gasteiger partial charge on any atom is 0.253 e. The van der Waals surface area contributed by atoms with Crippen molar-refractivity contribution in [2.75, 3.05) is 13.2 Å². The van der Waals surface area contributed by atoms with E-state index >= 15 is 0 Å². The smallest absolute Gasteiger partial charge is 0.253 e. The molecule has 0 spiro atoms. The van der Waals surface area contributed by atoms with Crippen LogP contribution in [0.2, 0.25) is 0 Å². The van der Waals surface area contributed by atoms with Gasteiger partial charge in [-0.15, -0.1) is 0 Å². The maximum absolute atomic E-state index is 12.6. The van der Waals surface area contributed by atoms with E-state index in [4.69, 9.17) is 9.15 Å². The Hall–Kier alpha value is -3.54. The van der Waals surface area contributed by atoms with Crippen LogP contribution in [0.1, 0.15) is 33.9 Å². The van der Waals surface area contributed by atoms with Gasteiger partial charge in [-0.3, -0.25) is 9.78 Å². The van der Waals surface area contributed by atoms with Gasteiger partial charge in [0.05, 0.1) is 25.0 Å². The highest BCUT2D eigenvalue weighted by atomic mass is 16.5. The van der Waals surface area contributed by atoms with Gasteiger partial charge in [0.2, 0.25) is 0 Å². The topological polar surface area (TPSA) is 69.3 Å². The number of nitrogens with one attached hydrogen (secondary N) is 1. The van der Waals surface area contributed by atoms with Crippen molar-refractivity contribution in [3.63, 3.8) is 0 Å². The Kier molecular flexibility index (Phi) is 5.84. The molecule has 30 heavy (non-hydrogen) atoms. The molecule has 0 atom stereocenters. The fourth-order valence-corrected chi connectivity index (χ4v) is 3.58. The number of carbonyl (C=O) groups excluding carboxylic acids is 1. The second-order valence-electron chi connectivity index (χ2n) is 7.24. The van der Waals surface area contributed by atoms with Crippen LogP contribution in [0, 0.1) is 13.8 Å². The van der Waals surface area contributed by atoms with Crippen LogP contribution in [0.25, 0.3) is 10.9 Å². The molecule has 0 radical (unpaired) electrons. The highest BCUT2D eigenvalue weighted by Crippen LogP contribution is 2.23. The molecule has 0 saturated carbocycles. The lowest BCUT2D eigenvalue weighted by Gasteiger charge is -2.10. The summed E-state index contributed by atoms with van der Waals surface area (Å²) in [6.45, 7) is 5.62. The third kappa shape index (κ3) is 4.22. The number of benzene rings is 1. The molecule has 4 rings (SSSR count). The van der Waals surface area contributed by atoms with Crippen LogP contribution < -0.4 is 10.1 Å². The Morgan fingerprint density at radius 1 is 1.17 bits per heavy atom. The average molecular weight is 403 g/mol. The van der Waals surface area contributed by atoms with Gasteiger partial charge in [-0.25, -0.2) is 0 Å². The molecule has 6 nitrogen and oxygen atoms in total. The van der Waals surface area contributed by atoms with Crippen LogP contribution in [0.4, 0.5) is 0 Å². The fraction of sp³-hybridized carbons (Fsp3) is 0.250. The fourth-order valence-electron chi connectivity index (χ4n) is 3.58. The zero-order valence-electron chi connectivity index (χ0n) is 17.2. The Morgan fingerprint density at radius 3 is 2.87 bits per heavy atom. The molecule has 0 saturated heterocycles. The van der Waals surface area contributed by atoms with E-state index in [1.165, 1.54) is 0 Å². The summed E-state index contributed by atoms with van der Waals surface area (Å²) in [7, 11) is 0. The summed E-state index contributed by atoms with van der Waals surface area (Å²) in [5.41, 5.74) is 3.51. The van der Waals surface area contributed by atoms with Crippen LogP contribution in [-0.2, 0) is 6.54 Å². The maximum atomic E-state index is 12.6. The van der Waals surface area contributed by atoms with Crippen molar-refractivity contribution in [1.29, 1.82) is 0 Å². The van der Waals surface area contributed by atoms with Gasteiger partial charge in [-0.1, -0.05) is 18.2 Å². The van der Waals surface area contributed by atoms with E-state index in [-0.39, 0.29) is 5.91 Å². The van der Waals surface area contributed by atoms with Gasteiger partial charge in [0.15, 0.2) is 0 Å². The second-order valence-corrected chi connectivity index (χ2v) is 7.24. The largest absolute Gasteiger partial charge is 0.491 e. The number of pyridine rings is 1. The van der Waals surface area contributed by atoms with E-state index in [0.29, 0.717) is 31.7 Å². The molecular formula is C24H25N3O3. The average Bonchev–Trinajstić information content (AvgIpc) is 3.37. The quantitative estimate of drug-likeness (QED) is 0.440. The number of rotatable bonds is 8. The van der Waals surface area contributed by atoms with E-state index < -0.39 is 0 Å². The number of aryl methyl sites for hydroxylation is 1. The van der Waals surface area contributed by atoms with Gasteiger partial charge in [0.25, 0.3) is 5.91 Å². The number of fused-ring (bicyclic) bond motifs is 1. The van der Waals surface area contributed by atoms with E-state index in [1.807, 2.05) is 62.4 Å². The van der Waals surface area contributed by atoms with Crippen molar-refractivity contribution < 1.29 is 13.9 Å². The van der Waals surface area contributed by atoms with E-state index in [0.717, 1.165) is 33.8 Å². The first-order valence-corrected chi connectivity index (χ1v) is 10.1. The van der Waals surface area contributed by atoms with Crippen molar-refractivity contribution in [2.24, 2.45) is 0 Å². The number of furan rings is 1. The number of aromatic nitrogens is 2. The molecule has 0 aliphatic heterocycles. The van der Waals surface area contributed by atoms with E-state index in [1.54, 1.807) is 12.5 Å². The summed E-state index contributed by atoms with van der Waals surface area (Å²) >= 11 is 0. The van der Waals surface area contributed by atoms with Crippen LogP contribution in [0.5, 0.6) is 5.75 Å². The van der Waals surface area contributed by atoms with Gasteiger partial charge in [0, 0.05) is 29.5 Å². The highest BCUT2D eigenvalue weighted by Gasteiger charge is 2.16. The third-order valence-electron chi connectivity index (χ3n) is 5.17. The second kappa shape index (κ2) is 8.86. The molecule has 4 aromatic rings. The molecule has 0 fully saturated rings. The molecule has 0 bridgehead atoms. The Balaban J connectivity index is 1.30. The van der Waals surface area contributed by atoms with Crippen molar-refractivity contribution in [3.05, 3.63) is 83.7 Å². The molecular weight excluding hydrogens is 378 g/mol. The van der Waals surface area contributed by atoms with Gasteiger partial charge >= 0.3 is 0 Å². The zero-order chi connectivity index (χ0) is 20.9. The van der Waals surface area contributed by atoms with Crippen molar-refractivity contribution >= 4 is 16.8 Å². The van der Waals surface area contributed by atoms with Crippen LogP contribution in [-0.4, -0.2) is 28.6 Å². The summed E-state index contributed by atoms with van der Waals surface area (Å²) in [5, 5.41) is 4.04. The molecule has 0 aliphatic carbocycles. The van der Waals surface area contributed by atoms with E-state index in [2.05, 4.69) is 14.9 Å². The predicted molar refractivity (Wildman–Crippen MR) is 116 cm³/mol. The standard InChI is InChI=1S/C24H25N3O3/c1-17-15-21(18(2)27(17)16-20-9-5-13-29-20)24(28)26-12-6-14-30-22-10-3-7-19-8-4-11-25-23(19)22/h3-5,7-11,13,15H,6,12,14,16H2,1-2H3,(H,26,28). The lowest BCUT2D eigenvalue weighted by Crippen LogP contribution is -2.26. The molecule has 3 aromatic heterocycles. The predicted octanol–water partition coefficient (Wildman–Crippen LogP) is 4.49. The molecule has 1 amide bonds. The van der Waals surface area contributed by atoms with Gasteiger partial charge in [-0.05, 0) is 50.6 Å². The Morgan fingerprint density at radius 2 is 2.03 bits per heavy atom.